The van der Waals surface area contributed by atoms with E-state index in [2.05, 4.69) is 15.0 Å². The average molecular weight is 558 g/mol. The van der Waals surface area contributed by atoms with Gasteiger partial charge in [-0.25, -0.2) is 0 Å². The van der Waals surface area contributed by atoms with Crippen molar-refractivity contribution >= 4 is 17.3 Å². The van der Waals surface area contributed by atoms with Crippen molar-refractivity contribution in [1.29, 1.82) is 0 Å². The summed E-state index contributed by atoms with van der Waals surface area (Å²) in [6.07, 6.45) is -3.39. The van der Waals surface area contributed by atoms with Gasteiger partial charge in [0.15, 0.2) is 0 Å². The number of nitrogens with zero attached hydrogens (tertiary/aromatic N) is 3. The molecule has 0 bridgehead atoms. The molecule has 204 valence electrons. The zero-order valence-electron chi connectivity index (χ0n) is 20.8. The van der Waals surface area contributed by atoms with Crippen molar-refractivity contribution in [2.24, 2.45) is 5.92 Å². The van der Waals surface area contributed by atoms with Crippen LogP contribution >= 0.6 is 11.3 Å². The summed E-state index contributed by atoms with van der Waals surface area (Å²) in [7, 11) is 0. The maximum Gasteiger partial charge on any atom is 0.426 e. The third-order valence-corrected chi connectivity index (χ3v) is 7.93. The topological polar surface area (TPSA) is 99.7 Å². The van der Waals surface area contributed by atoms with E-state index in [4.69, 9.17) is 9.63 Å². The molecule has 1 aliphatic rings. The van der Waals surface area contributed by atoms with Crippen LogP contribution in [0.1, 0.15) is 35.8 Å². The molecule has 0 spiro atoms. The van der Waals surface area contributed by atoms with Crippen molar-refractivity contribution in [3.8, 4) is 33.3 Å². The van der Waals surface area contributed by atoms with Crippen LogP contribution in [0.25, 0.3) is 33.3 Å². The molecule has 1 saturated heterocycles. The Labute approximate surface area is 226 Å². The number of hydrogen-bond donors (Lipinski definition) is 2. The second-order valence-corrected chi connectivity index (χ2v) is 10.7. The summed E-state index contributed by atoms with van der Waals surface area (Å²) in [5, 5.41) is 23.8. The summed E-state index contributed by atoms with van der Waals surface area (Å²) in [6.45, 7) is 1.84. The number of alkyl halides is 3. The number of carboxylic acid groups (broad SMARTS) is 1. The molecule has 2 N–H and O–H groups in total. The molecule has 2 atom stereocenters. The minimum absolute atomic E-state index is 0.00666. The predicted molar refractivity (Wildman–Crippen MR) is 140 cm³/mol. The molecule has 11 heteroatoms. The quantitative estimate of drug-likeness (QED) is 0.260. The lowest BCUT2D eigenvalue weighted by Crippen LogP contribution is -2.38. The van der Waals surface area contributed by atoms with E-state index in [0.717, 1.165) is 19.4 Å². The lowest BCUT2D eigenvalue weighted by atomic mass is 9.94. The van der Waals surface area contributed by atoms with Gasteiger partial charge in [0.2, 0.25) is 5.82 Å². The predicted octanol–water partition coefficient (Wildman–Crippen LogP) is 6.37. The van der Waals surface area contributed by atoms with Crippen molar-refractivity contribution < 1.29 is 32.7 Å². The van der Waals surface area contributed by atoms with Gasteiger partial charge in [0.1, 0.15) is 4.88 Å². The summed E-state index contributed by atoms with van der Waals surface area (Å²) in [4.78, 5) is 16.9. The van der Waals surface area contributed by atoms with E-state index in [1.807, 2.05) is 0 Å². The standard InChI is InChI=1S/C28H26F3N3O4S/c29-28(30,31)25-21(18-6-2-1-3-7-18)14-23(39-25)27-32-26(33-38-27)20-10-8-19(9-11-20)22(35)16-34-12-4-5-17(15-34)13-24(36)37/h1-3,6-11,14,17,22,35H,4-5,12-13,15-16H2,(H,36,37)/t17-,22-/m1/s1. The molecule has 0 saturated carbocycles. The Kier molecular flexibility index (Phi) is 7.83. The number of hydrogen-bond acceptors (Lipinski definition) is 7. The van der Waals surface area contributed by atoms with Crippen LogP contribution in [0.15, 0.2) is 65.2 Å². The van der Waals surface area contributed by atoms with Gasteiger partial charge in [-0.3, -0.25) is 4.79 Å². The Morgan fingerprint density at radius 2 is 1.87 bits per heavy atom. The van der Waals surface area contributed by atoms with Crippen molar-refractivity contribution in [2.45, 2.75) is 31.5 Å². The number of piperidine rings is 1. The second-order valence-electron chi connectivity index (χ2n) is 9.64. The van der Waals surface area contributed by atoms with Gasteiger partial charge in [0.25, 0.3) is 5.89 Å². The third-order valence-electron chi connectivity index (χ3n) is 6.76. The number of carboxylic acids is 1. The van der Waals surface area contributed by atoms with Gasteiger partial charge in [-0.2, -0.15) is 18.2 Å². The minimum Gasteiger partial charge on any atom is -0.481 e. The highest BCUT2D eigenvalue weighted by Crippen LogP contribution is 2.45. The Bertz CT molecular complexity index is 1420. The molecule has 1 aliphatic heterocycles. The molecule has 1 fully saturated rings. The van der Waals surface area contributed by atoms with Crippen LogP contribution in [0.2, 0.25) is 0 Å². The number of benzene rings is 2. The first-order valence-electron chi connectivity index (χ1n) is 12.5. The minimum atomic E-state index is -4.53. The van der Waals surface area contributed by atoms with Crippen LogP contribution < -0.4 is 0 Å². The number of halogens is 3. The van der Waals surface area contributed by atoms with Gasteiger partial charge in [-0.15, -0.1) is 11.3 Å². The molecule has 0 aliphatic carbocycles. The van der Waals surface area contributed by atoms with Crippen LogP contribution in [0.4, 0.5) is 13.2 Å². The molecule has 0 amide bonds. The summed E-state index contributed by atoms with van der Waals surface area (Å²) in [5.41, 5.74) is 1.78. The number of thiophene rings is 1. The van der Waals surface area contributed by atoms with E-state index in [1.165, 1.54) is 6.07 Å². The van der Waals surface area contributed by atoms with Crippen LogP contribution in [-0.2, 0) is 11.0 Å². The highest BCUT2D eigenvalue weighted by molar-refractivity contribution is 7.16. The molecule has 0 unspecified atom stereocenters. The van der Waals surface area contributed by atoms with E-state index in [1.54, 1.807) is 54.6 Å². The maximum absolute atomic E-state index is 13.8. The molecule has 4 aromatic rings. The van der Waals surface area contributed by atoms with Gasteiger partial charge in [-0.1, -0.05) is 59.8 Å². The smallest absolute Gasteiger partial charge is 0.426 e. The average Bonchev–Trinajstić information content (AvgIpc) is 3.57. The first-order chi connectivity index (χ1) is 18.7. The molecule has 7 nitrogen and oxygen atoms in total. The molecule has 2 aromatic carbocycles. The van der Waals surface area contributed by atoms with Crippen LogP contribution in [0.3, 0.4) is 0 Å². The monoisotopic (exact) mass is 557 g/mol. The number of aliphatic hydroxyl groups excluding tert-OH is 1. The Hall–Kier alpha value is -3.54. The van der Waals surface area contributed by atoms with Gasteiger partial charge in [0.05, 0.1) is 11.0 Å². The number of aliphatic carboxylic acids is 1. The van der Waals surface area contributed by atoms with Gasteiger partial charge >= 0.3 is 12.1 Å². The van der Waals surface area contributed by atoms with Crippen molar-refractivity contribution in [2.75, 3.05) is 19.6 Å². The molecule has 2 aromatic heterocycles. The molecular weight excluding hydrogens is 531 g/mol. The number of aliphatic hydroxyl groups is 1. The number of aromatic nitrogens is 2. The molecule has 39 heavy (non-hydrogen) atoms. The fraction of sp³-hybridized carbons (Fsp3) is 0.321. The van der Waals surface area contributed by atoms with Crippen molar-refractivity contribution in [3.05, 3.63) is 71.1 Å². The van der Waals surface area contributed by atoms with E-state index in [0.29, 0.717) is 41.1 Å². The Morgan fingerprint density at radius 1 is 1.13 bits per heavy atom. The first kappa shape index (κ1) is 27.0. The van der Waals surface area contributed by atoms with Gasteiger partial charge < -0.3 is 19.6 Å². The normalized spacial score (nSPS) is 17.3. The lowest BCUT2D eigenvalue weighted by Gasteiger charge is -2.33. The van der Waals surface area contributed by atoms with E-state index < -0.39 is 23.1 Å². The largest absolute Gasteiger partial charge is 0.481 e. The molecule has 5 rings (SSSR count). The second kappa shape index (κ2) is 11.3. The van der Waals surface area contributed by atoms with Crippen molar-refractivity contribution in [1.82, 2.24) is 15.0 Å². The zero-order valence-corrected chi connectivity index (χ0v) is 21.6. The highest BCUT2D eigenvalue weighted by atomic mass is 32.1. The summed E-state index contributed by atoms with van der Waals surface area (Å²) in [5.74, 6) is -0.508. The molecule has 0 radical (unpaired) electrons. The fourth-order valence-electron chi connectivity index (χ4n) is 4.91. The van der Waals surface area contributed by atoms with E-state index in [-0.39, 0.29) is 34.5 Å². The van der Waals surface area contributed by atoms with Crippen LogP contribution in [0, 0.1) is 5.92 Å². The number of likely N-dealkylation sites (tertiary alicyclic amines) is 1. The number of carbonyl (C=O) groups is 1. The fourth-order valence-corrected chi connectivity index (χ4v) is 5.88. The Morgan fingerprint density at radius 3 is 2.56 bits per heavy atom. The highest BCUT2D eigenvalue weighted by Gasteiger charge is 2.37. The molecule has 3 heterocycles. The van der Waals surface area contributed by atoms with E-state index in [9.17, 15) is 23.1 Å². The summed E-state index contributed by atoms with van der Waals surface area (Å²) < 4.78 is 46.6. The maximum atomic E-state index is 13.8. The van der Waals surface area contributed by atoms with Gasteiger partial charge in [-0.05, 0) is 42.5 Å². The summed E-state index contributed by atoms with van der Waals surface area (Å²) >= 11 is 0.557. The Balaban J connectivity index is 1.30. The zero-order chi connectivity index (χ0) is 27.6. The lowest BCUT2D eigenvalue weighted by molar-refractivity contribution is -0.138. The summed E-state index contributed by atoms with van der Waals surface area (Å²) in [6, 6.07) is 16.7. The van der Waals surface area contributed by atoms with Crippen molar-refractivity contribution in [3.63, 3.8) is 0 Å². The number of rotatable bonds is 8. The van der Waals surface area contributed by atoms with Crippen LogP contribution in [-0.4, -0.2) is 50.9 Å². The van der Waals surface area contributed by atoms with Gasteiger partial charge in [0, 0.05) is 30.6 Å². The van der Waals surface area contributed by atoms with E-state index >= 15 is 0 Å². The number of β-amino-alcohol motifs (C(OH)–C–C–N with tert-alkyl or cyclic N) is 1. The third kappa shape index (κ3) is 6.38. The molecular formula is C28H26F3N3O4S. The van der Waals surface area contributed by atoms with Crippen LogP contribution in [0.5, 0.6) is 0 Å². The SMILES string of the molecule is O=C(O)C[C@H]1CCCN(C[C@@H](O)c2ccc(-c3noc(-c4cc(-c5ccccc5)c(C(F)(F)F)s4)n3)cc2)C1. The first-order valence-corrected chi connectivity index (χ1v) is 13.3.